The number of nitrogens with zero attached hydrogens (tertiary/aromatic N) is 22. The third-order valence-corrected chi connectivity index (χ3v) is 21.3. The zero-order chi connectivity index (χ0) is 79.0. The Morgan fingerprint density at radius 2 is 0.868 bits per heavy atom. The Morgan fingerprint density at radius 3 is 1.27 bits per heavy atom. The van der Waals surface area contributed by atoms with Gasteiger partial charge in [-0.25, -0.2) is 4.98 Å². The number of carbonyl (C=O) groups excluding carboxylic acids is 6. The molecule has 11 aromatic rings. The number of aromatic nitrogens is 13. The van der Waals surface area contributed by atoms with Gasteiger partial charge in [-0.05, 0) is 90.9 Å². The van der Waals surface area contributed by atoms with Crippen molar-refractivity contribution in [3.8, 4) is 12.1 Å². The van der Waals surface area contributed by atoms with E-state index in [4.69, 9.17) is 24.9 Å². The van der Waals surface area contributed by atoms with E-state index in [1.165, 1.54) is 27.2 Å². The first-order valence-corrected chi connectivity index (χ1v) is 37.9. The van der Waals surface area contributed by atoms with Crippen molar-refractivity contribution >= 4 is 139 Å². The number of amides is 6. The maximum absolute atomic E-state index is 12.5. The highest BCUT2D eigenvalue weighted by atomic mass is 32.2. The van der Waals surface area contributed by atoms with Crippen LogP contribution in [0, 0.1) is 22.7 Å². The number of benzene rings is 4. The first kappa shape index (κ1) is 75.2. The molecule has 0 saturated carbocycles. The average molecular weight is 1550 g/mol. The summed E-state index contributed by atoms with van der Waals surface area (Å²) in [4.78, 5) is 115. The molecule has 576 valence electrons. The van der Waals surface area contributed by atoms with E-state index < -0.39 is 27.9 Å². The van der Waals surface area contributed by atoms with Crippen LogP contribution in [0.1, 0.15) is 59.1 Å². The topological polar surface area (TPSA) is 421 Å². The lowest BCUT2D eigenvalue weighted by molar-refractivity contribution is -0.125. The maximum atomic E-state index is 12.5. The molecular weight excluding hydrogens is 1480 g/mol. The van der Waals surface area contributed by atoms with Crippen LogP contribution in [0.25, 0.3) is 35.2 Å². The zero-order valence-electron chi connectivity index (χ0n) is 61.7. The summed E-state index contributed by atoms with van der Waals surface area (Å²) in [6.45, 7) is 7.90. The summed E-state index contributed by atoms with van der Waals surface area (Å²) >= 11 is 0. The highest BCUT2D eigenvalue weighted by Crippen LogP contribution is 2.31. The lowest BCUT2D eigenvalue weighted by Crippen LogP contribution is -2.52. The minimum atomic E-state index is -3.51. The number of fused-ring (bicyclic) bond motifs is 3. The van der Waals surface area contributed by atoms with E-state index in [2.05, 4.69) is 88.9 Å². The van der Waals surface area contributed by atoms with Crippen molar-refractivity contribution < 1.29 is 37.2 Å². The van der Waals surface area contributed by atoms with E-state index in [0.29, 0.717) is 136 Å². The first-order chi connectivity index (χ1) is 55.4. The SMILES string of the molecule is CN(C)S(=O)(=O)N1CCN(c2nc(Nc3ccccc3)n3ncc(/C=C4\CC(=O)NC4=O)c3n2)CC1.N#Cc1cccc(CN2CCN(c3nc(Nc4ccccc4)n4ncc(/C=C5\CC(=O)NC5=O)c4n3)CC2)c1.N#Cc1cccnc1N1CCCN(c2nc(Nc3ccccc3)n3ncc(/C=C4\CC(=O)NC4=O)c3n2)CC1. The Hall–Kier alpha value is -14.3. The van der Waals surface area contributed by atoms with E-state index >= 15 is 0 Å². The highest BCUT2D eigenvalue weighted by Gasteiger charge is 2.33. The van der Waals surface area contributed by atoms with Crippen LogP contribution in [0.5, 0.6) is 0 Å². The van der Waals surface area contributed by atoms with Crippen molar-refractivity contribution in [1.29, 1.82) is 10.5 Å². The average Bonchev–Trinajstić information content (AvgIpc) is 1.67. The van der Waals surface area contributed by atoms with Crippen molar-refractivity contribution in [1.82, 2.24) is 93.2 Å². The molecule has 6 N–H and O–H groups in total. The molecule has 0 atom stereocenters. The van der Waals surface area contributed by atoms with Gasteiger partial charge in [-0.1, -0.05) is 66.7 Å². The van der Waals surface area contributed by atoms with E-state index in [9.17, 15) is 47.7 Å². The summed E-state index contributed by atoms with van der Waals surface area (Å²) in [6, 6.07) is 44.4. The second-order valence-corrected chi connectivity index (χ2v) is 29.4. The predicted molar refractivity (Wildman–Crippen MR) is 422 cm³/mol. The van der Waals surface area contributed by atoms with E-state index in [-0.39, 0.29) is 50.1 Å². The highest BCUT2D eigenvalue weighted by molar-refractivity contribution is 7.86. The van der Waals surface area contributed by atoms with Gasteiger partial charge >= 0.3 is 0 Å². The standard InChI is InChI=1S/C28H25N9O2.C27H24N10O2.C22H25N9O4S/c29-16-19-5-4-6-20(13-19)18-35-9-11-36(12-10-35)27-33-25-22(14-21-15-24(38)32-26(21)39)17-30-37(25)28(34-27)31-23-7-2-1-3-8-23;28-16-18-6-4-9-29-23(18)35-10-5-11-36(13-12-35)26-33-24-20(14-19-15-22(38)32-25(19)39)17-30-37(24)27(34-26)31-21-7-2-1-3-8-21;1-28(2)36(34,35)30-10-8-29(9-11-30)21-26-19-16(12-15-13-18(32)25-20(15)33)14-23-31(19)22(27-21)24-17-6-4-3-5-7-17/h1-8,13-14,17H,9-12,15,18H2,(H,31,33,34)(H,32,38,39);1-4,6-9,14,17H,5,10-13,15H2,(H,31,33,34)(H,32,38,39);3-7,12,14H,8-11,13H2,1-2H3,(H,24,26,27)(H,25,32,33)/b21-14+;19-14+;15-12+. The van der Waals surface area contributed by atoms with Gasteiger partial charge in [0.25, 0.3) is 27.9 Å². The van der Waals surface area contributed by atoms with Crippen LogP contribution >= 0.6 is 0 Å². The molecule has 114 heavy (non-hydrogen) atoms. The van der Waals surface area contributed by atoms with Crippen LogP contribution in [0.4, 0.5) is 58.6 Å². The second kappa shape index (κ2) is 33.1. The summed E-state index contributed by atoms with van der Waals surface area (Å²) in [6.07, 6.45) is 12.3. The number of rotatable bonds is 17. The van der Waals surface area contributed by atoms with Gasteiger partial charge < -0.3 is 35.6 Å². The molecule has 0 unspecified atom stereocenters. The van der Waals surface area contributed by atoms with Crippen molar-refractivity contribution in [3.05, 3.63) is 202 Å². The second-order valence-electron chi connectivity index (χ2n) is 27.3. The van der Waals surface area contributed by atoms with Crippen molar-refractivity contribution in [2.75, 3.05) is 128 Å². The largest absolute Gasteiger partial charge is 0.354 e. The Morgan fingerprint density at radius 1 is 0.465 bits per heavy atom. The van der Waals surface area contributed by atoms with Gasteiger partial charge in [0.2, 0.25) is 53.4 Å². The minimum absolute atomic E-state index is 0.00839. The summed E-state index contributed by atoms with van der Waals surface area (Å²) < 4.78 is 32.4. The van der Waals surface area contributed by atoms with Crippen LogP contribution in [0.2, 0.25) is 0 Å². The minimum Gasteiger partial charge on any atom is -0.354 e. The van der Waals surface area contributed by atoms with Crippen LogP contribution in [0.3, 0.4) is 0 Å². The molecular formula is C77H74N28O8S. The van der Waals surface area contributed by atoms with E-state index in [1.54, 1.807) is 64.2 Å². The van der Waals surface area contributed by atoms with Crippen LogP contribution in [-0.2, 0) is 45.5 Å². The smallest absolute Gasteiger partial charge is 0.281 e. The molecule has 6 aliphatic rings. The van der Waals surface area contributed by atoms with Crippen LogP contribution < -0.4 is 51.5 Å². The normalized spacial score (nSPS) is 17.4. The third-order valence-electron chi connectivity index (χ3n) is 19.3. The lowest BCUT2D eigenvalue weighted by Gasteiger charge is -2.35. The number of imide groups is 3. The van der Waals surface area contributed by atoms with Gasteiger partial charge in [-0.2, -0.15) is 86.3 Å². The number of nitriles is 2. The summed E-state index contributed by atoms with van der Waals surface area (Å²) in [7, 11) is -0.494. The van der Waals surface area contributed by atoms with Crippen molar-refractivity contribution in [3.63, 3.8) is 0 Å². The molecule has 7 aromatic heterocycles. The van der Waals surface area contributed by atoms with Crippen LogP contribution in [0.15, 0.2) is 169 Å². The number of piperazine rings is 2. The number of hydrogen-bond acceptors (Lipinski definition) is 28. The molecule has 6 fully saturated rings. The molecule has 0 aliphatic carbocycles. The van der Waals surface area contributed by atoms with Crippen LogP contribution in [-0.4, -0.2) is 214 Å². The Labute approximate surface area is 652 Å². The molecule has 0 radical (unpaired) electrons. The first-order valence-electron chi connectivity index (χ1n) is 36.5. The Balaban J connectivity index is 0.000000135. The van der Waals surface area contributed by atoms with Gasteiger partial charge in [0.05, 0.1) is 55.0 Å². The molecule has 4 aromatic carbocycles. The Kier molecular flexibility index (Phi) is 21.8. The fourth-order valence-electron chi connectivity index (χ4n) is 13.5. The van der Waals surface area contributed by atoms with Crippen molar-refractivity contribution in [2.24, 2.45) is 0 Å². The lowest BCUT2D eigenvalue weighted by atomic mass is 10.1. The number of pyridine rings is 1. The van der Waals surface area contributed by atoms with Gasteiger partial charge in [0.1, 0.15) is 11.9 Å². The summed E-state index contributed by atoms with van der Waals surface area (Å²) in [5.41, 5.74) is 9.16. The van der Waals surface area contributed by atoms with E-state index in [1.807, 2.05) is 120 Å². The number of anilines is 10. The third kappa shape index (κ3) is 16.9. The predicted octanol–water partition coefficient (Wildman–Crippen LogP) is 5.00. The molecule has 17 rings (SSSR count). The van der Waals surface area contributed by atoms with Gasteiger partial charge in [-0.3, -0.25) is 49.6 Å². The zero-order valence-corrected chi connectivity index (χ0v) is 62.5. The monoisotopic (exact) mass is 1550 g/mol. The Bertz CT molecular complexity index is 5860. The van der Waals surface area contributed by atoms with Gasteiger partial charge in [0, 0.05) is 156 Å². The molecule has 6 aliphatic heterocycles. The molecule has 0 bridgehead atoms. The number of nitrogens with one attached hydrogen (secondary N) is 6. The van der Waals surface area contributed by atoms with Crippen molar-refractivity contribution in [2.45, 2.75) is 32.2 Å². The molecule has 37 heteroatoms. The van der Waals surface area contributed by atoms with E-state index in [0.717, 1.165) is 68.3 Å². The number of hydrogen-bond donors (Lipinski definition) is 6. The fraction of sp³-hybridized carbons (Fsp3) is 0.247. The molecule has 6 saturated heterocycles. The number of para-hydroxylation sites is 3. The quantitative estimate of drug-likeness (QED) is 0.0516. The van der Waals surface area contributed by atoms with Gasteiger partial charge in [-0.15, -0.1) is 0 Å². The summed E-state index contributed by atoms with van der Waals surface area (Å²) in [5.74, 6) is 1.27. The maximum Gasteiger partial charge on any atom is 0.281 e. The van der Waals surface area contributed by atoms with Gasteiger partial charge in [0.15, 0.2) is 16.9 Å². The summed E-state index contributed by atoms with van der Waals surface area (Å²) in [5, 5.41) is 48.9. The number of carbonyl (C=O) groups is 6. The molecule has 36 nitrogen and oxygen atoms in total. The molecule has 0 spiro atoms. The molecule has 13 heterocycles. The molecule has 6 amide bonds. The fourth-order valence-corrected chi connectivity index (χ4v) is 14.6.